The molecule has 2 aromatic carbocycles. The first-order valence-corrected chi connectivity index (χ1v) is 11.3. The normalized spacial score (nSPS) is 11.0. The van der Waals surface area contributed by atoms with Crippen LogP contribution in [0, 0.1) is 20.8 Å². The fourth-order valence-electron chi connectivity index (χ4n) is 3.42. The van der Waals surface area contributed by atoms with Crippen molar-refractivity contribution in [1.82, 2.24) is 19.9 Å². The van der Waals surface area contributed by atoms with Crippen molar-refractivity contribution in [3.05, 3.63) is 59.2 Å². The van der Waals surface area contributed by atoms with Crippen LogP contribution in [0.4, 0.5) is 11.5 Å². The number of aromatic nitrogens is 4. The maximum absolute atomic E-state index is 12.7. The number of thioether (sulfide) groups is 1. The second-order valence-corrected chi connectivity index (χ2v) is 8.38. The lowest BCUT2D eigenvalue weighted by Gasteiger charge is -2.10. The quantitative estimate of drug-likeness (QED) is 0.419. The zero-order valence-corrected chi connectivity index (χ0v) is 19.2. The Morgan fingerprint density at radius 3 is 2.66 bits per heavy atom. The average molecular weight is 449 g/mol. The lowest BCUT2D eigenvalue weighted by molar-refractivity contribution is -0.116. The zero-order chi connectivity index (χ0) is 22.8. The highest BCUT2D eigenvalue weighted by atomic mass is 32.2. The summed E-state index contributed by atoms with van der Waals surface area (Å²) >= 11 is 1.40. The second kappa shape index (κ2) is 8.88. The van der Waals surface area contributed by atoms with E-state index in [1.165, 1.54) is 16.4 Å². The van der Waals surface area contributed by atoms with Crippen LogP contribution in [0.2, 0.25) is 0 Å². The second-order valence-electron chi connectivity index (χ2n) is 7.59. The van der Waals surface area contributed by atoms with Gasteiger partial charge in [-0.15, -0.1) is 11.8 Å². The van der Waals surface area contributed by atoms with Crippen LogP contribution < -0.4 is 11.1 Å². The number of benzene rings is 2. The van der Waals surface area contributed by atoms with Crippen molar-refractivity contribution in [2.75, 3.05) is 17.3 Å². The molecule has 32 heavy (non-hydrogen) atoms. The van der Waals surface area contributed by atoms with Crippen LogP contribution in [0.5, 0.6) is 0 Å². The van der Waals surface area contributed by atoms with Crippen LogP contribution >= 0.6 is 11.8 Å². The molecule has 164 valence electrons. The van der Waals surface area contributed by atoms with Gasteiger partial charge in [-0.05, 0) is 44.7 Å². The smallest absolute Gasteiger partial charge is 0.264 e. The highest BCUT2D eigenvalue weighted by molar-refractivity contribution is 7.98. The van der Waals surface area contributed by atoms with Crippen LogP contribution in [0.1, 0.15) is 16.7 Å². The van der Waals surface area contributed by atoms with Crippen molar-refractivity contribution in [2.24, 2.45) is 0 Å². The van der Waals surface area contributed by atoms with E-state index in [0.29, 0.717) is 22.2 Å². The number of nitrogen functional groups attached to an aromatic ring is 1. The molecule has 4 aromatic rings. The van der Waals surface area contributed by atoms with Crippen molar-refractivity contribution >= 4 is 29.2 Å². The van der Waals surface area contributed by atoms with Crippen LogP contribution in [-0.4, -0.2) is 32.1 Å². The zero-order valence-electron chi connectivity index (χ0n) is 18.3. The van der Waals surface area contributed by atoms with Gasteiger partial charge in [0.25, 0.3) is 5.89 Å². The maximum atomic E-state index is 12.7. The van der Waals surface area contributed by atoms with Crippen LogP contribution in [0.3, 0.4) is 0 Å². The molecule has 8 nitrogen and oxygen atoms in total. The Morgan fingerprint density at radius 1 is 1.16 bits per heavy atom. The Bertz CT molecular complexity index is 1290. The molecule has 2 aromatic heterocycles. The molecule has 0 bridgehead atoms. The summed E-state index contributed by atoms with van der Waals surface area (Å²) in [5.41, 5.74) is 11.7. The maximum Gasteiger partial charge on any atom is 0.264 e. The number of hydrogen-bond donors (Lipinski definition) is 2. The van der Waals surface area contributed by atoms with Gasteiger partial charge in [0, 0.05) is 11.3 Å². The van der Waals surface area contributed by atoms with E-state index in [0.717, 1.165) is 27.9 Å². The molecule has 0 aliphatic carbocycles. The molecule has 0 aliphatic heterocycles. The molecular weight excluding hydrogens is 424 g/mol. The van der Waals surface area contributed by atoms with E-state index in [2.05, 4.69) is 20.6 Å². The lowest BCUT2D eigenvalue weighted by atomic mass is 10.1. The molecule has 9 heteroatoms. The summed E-state index contributed by atoms with van der Waals surface area (Å²) in [6.45, 7) is 5.93. The lowest BCUT2D eigenvalue weighted by Crippen LogP contribution is -2.21. The summed E-state index contributed by atoms with van der Waals surface area (Å²) in [7, 11) is 0. The third-order valence-electron chi connectivity index (χ3n) is 5.02. The first-order valence-electron chi connectivity index (χ1n) is 10.0. The number of hydrogen-bond acceptors (Lipinski definition) is 7. The summed E-state index contributed by atoms with van der Waals surface area (Å²) in [5.74, 6) is 0.806. The Balaban J connectivity index is 1.59. The summed E-state index contributed by atoms with van der Waals surface area (Å²) < 4.78 is 6.96. The first kappa shape index (κ1) is 21.6. The summed E-state index contributed by atoms with van der Waals surface area (Å²) in [6, 6.07) is 13.7. The van der Waals surface area contributed by atoms with E-state index in [-0.39, 0.29) is 18.3 Å². The van der Waals surface area contributed by atoms with E-state index in [1.54, 1.807) is 0 Å². The molecule has 3 N–H and O–H groups in total. The topological polar surface area (TPSA) is 112 Å². The van der Waals surface area contributed by atoms with Gasteiger partial charge in [-0.3, -0.25) is 4.79 Å². The van der Waals surface area contributed by atoms with Crippen LogP contribution in [0.25, 0.3) is 22.8 Å². The minimum atomic E-state index is -0.226. The predicted molar refractivity (Wildman–Crippen MR) is 126 cm³/mol. The molecule has 0 radical (unpaired) electrons. The number of nitrogens with zero attached hydrogens (tertiary/aromatic N) is 4. The highest BCUT2D eigenvalue weighted by Crippen LogP contribution is 2.35. The number of rotatable bonds is 6. The molecule has 0 aliphatic rings. The van der Waals surface area contributed by atoms with Crippen molar-refractivity contribution in [3.63, 3.8) is 0 Å². The standard InChI is InChI=1S/C23H24N6O2S/c1-13-6-5-7-16(11-13)21-26-22(31-28-21)19-20(24)29(27-23(19)32-4)12-18(30)25-17-9-8-14(2)10-15(17)3/h5-11H,12,24H2,1-4H3,(H,25,30). The van der Waals surface area contributed by atoms with Gasteiger partial charge in [0.15, 0.2) is 0 Å². The van der Waals surface area contributed by atoms with Gasteiger partial charge < -0.3 is 15.6 Å². The SMILES string of the molecule is CSc1nn(CC(=O)Nc2ccc(C)cc2C)c(N)c1-c1nc(-c2cccc(C)c2)no1. The Hall–Kier alpha value is -3.59. The molecule has 0 saturated heterocycles. The third kappa shape index (κ3) is 4.38. The fraction of sp³-hybridized carbons (Fsp3) is 0.217. The number of amides is 1. The van der Waals surface area contributed by atoms with Crippen LogP contribution in [0.15, 0.2) is 52.0 Å². The van der Waals surface area contributed by atoms with E-state index < -0.39 is 0 Å². The Labute approximate surface area is 190 Å². The number of nitrogens with one attached hydrogen (secondary N) is 1. The molecule has 0 spiro atoms. The molecule has 1 amide bonds. The van der Waals surface area contributed by atoms with Gasteiger partial charge in [0.1, 0.15) is 23.0 Å². The van der Waals surface area contributed by atoms with E-state index in [1.807, 2.05) is 69.5 Å². The summed E-state index contributed by atoms with van der Waals surface area (Å²) in [5, 5.41) is 12.1. The van der Waals surface area contributed by atoms with Crippen molar-refractivity contribution in [1.29, 1.82) is 0 Å². The van der Waals surface area contributed by atoms with E-state index >= 15 is 0 Å². The monoisotopic (exact) mass is 448 g/mol. The van der Waals surface area contributed by atoms with E-state index in [9.17, 15) is 4.79 Å². The van der Waals surface area contributed by atoms with Crippen LogP contribution in [-0.2, 0) is 11.3 Å². The summed E-state index contributed by atoms with van der Waals surface area (Å²) in [6.07, 6.45) is 1.88. The van der Waals surface area contributed by atoms with Gasteiger partial charge in [-0.25, -0.2) is 4.68 Å². The molecule has 0 saturated carbocycles. The van der Waals surface area contributed by atoms with Gasteiger partial charge in [-0.2, -0.15) is 10.1 Å². The Kier molecular flexibility index (Phi) is 6.00. The molecule has 0 unspecified atom stereocenters. The summed E-state index contributed by atoms with van der Waals surface area (Å²) in [4.78, 5) is 17.2. The van der Waals surface area contributed by atoms with E-state index in [4.69, 9.17) is 10.3 Å². The van der Waals surface area contributed by atoms with Gasteiger partial charge in [0.2, 0.25) is 11.7 Å². The predicted octanol–water partition coefficient (Wildman–Crippen LogP) is 4.47. The molecular formula is C23H24N6O2S. The van der Waals surface area contributed by atoms with Gasteiger partial charge in [0.05, 0.1) is 0 Å². The minimum Gasteiger partial charge on any atom is -0.383 e. The molecule has 0 fully saturated rings. The number of anilines is 2. The number of carbonyl (C=O) groups is 1. The first-order chi connectivity index (χ1) is 15.4. The molecule has 4 rings (SSSR count). The number of carbonyl (C=O) groups excluding carboxylic acids is 1. The average Bonchev–Trinajstić information content (AvgIpc) is 3.35. The highest BCUT2D eigenvalue weighted by Gasteiger charge is 2.24. The fourth-order valence-corrected chi connectivity index (χ4v) is 4.00. The minimum absolute atomic E-state index is 0.0361. The van der Waals surface area contributed by atoms with Gasteiger partial charge >= 0.3 is 0 Å². The van der Waals surface area contributed by atoms with Crippen molar-refractivity contribution in [3.8, 4) is 22.8 Å². The van der Waals surface area contributed by atoms with Gasteiger partial charge in [-0.1, -0.05) is 46.6 Å². The number of aryl methyl sites for hydroxylation is 3. The molecule has 2 heterocycles. The van der Waals surface area contributed by atoms with Crippen molar-refractivity contribution < 1.29 is 9.32 Å². The Morgan fingerprint density at radius 2 is 1.94 bits per heavy atom. The third-order valence-corrected chi connectivity index (χ3v) is 5.69. The number of nitrogens with two attached hydrogens (primary N) is 1. The largest absolute Gasteiger partial charge is 0.383 e. The molecule has 0 atom stereocenters. The van der Waals surface area contributed by atoms with Crippen molar-refractivity contribution in [2.45, 2.75) is 32.3 Å².